The van der Waals surface area contributed by atoms with Crippen molar-refractivity contribution in [2.45, 2.75) is 46.6 Å². The average molecular weight is 534 g/mol. The van der Waals surface area contributed by atoms with Gasteiger partial charge in [0.2, 0.25) is 5.91 Å². The summed E-state index contributed by atoms with van der Waals surface area (Å²) in [6.07, 6.45) is 1.53. The second kappa shape index (κ2) is 11.1. The maximum Gasteiger partial charge on any atom is 0.322 e. The highest BCUT2D eigenvalue weighted by atomic mass is 35.5. The van der Waals surface area contributed by atoms with E-state index in [9.17, 15) is 9.59 Å². The highest BCUT2D eigenvalue weighted by molar-refractivity contribution is 6.30. The predicted molar refractivity (Wildman–Crippen MR) is 150 cm³/mol. The minimum Gasteiger partial charge on any atom is -0.467 e. The van der Waals surface area contributed by atoms with E-state index in [0.29, 0.717) is 22.3 Å². The number of aryl methyl sites for hydroxylation is 2. The van der Waals surface area contributed by atoms with Crippen molar-refractivity contribution in [3.05, 3.63) is 94.5 Å². The zero-order chi connectivity index (χ0) is 27.4. The van der Waals surface area contributed by atoms with Crippen LogP contribution in [0.25, 0.3) is 5.69 Å². The third kappa shape index (κ3) is 6.63. The Morgan fingerprint density at radius 1 is 1.03 bits per heavy atom. The summed E-state index contributed by atoms with van der Waals surface area (Å²) in [7, 11) is 0. The fourth-order valence-electron chi connectivity index (χ4n) is 3.98. The van der Waals surface area contributed by atoms with Gasteiger partial charge in [0.05, 0.1) is 24.2 Å². The monoisotopic (exact) mass is 533 g/mol. The van der Waals surface area contributed by atoms with Gasteiger partial charge in [0.1, 0.15) is 18.1 Å². The zero-order valence-corrected chi connectivity index (χ0v) is 23.0. The summed E-state index contributed by atoms with van der Waals surface area (Å²) in [6.45, 7) is 10.1. The topological polar surface area (TPSA) is 92.4 Å². The van der Waals surface area contributed by atoms with E-state index < -0.39 is 6.03 Å². The number of urea groups is 1. The Kier molecular flexibility index (Phi) is 7.92. The summed E-state index contributed by atoms with van der Waals surface area (Å²) in [5, 5.41) is 11.1. The van der Waals surface area contributed by atoms with Crippen LogP contribution in [0.15, 0.2) is 71.3 Å². The van der Waals surface area contributed by atoms with Gasteiger partial charge in [0.25, 0.3) is 0 Å². The lowest BCUT2D eigenvalue weighted by Gasteiger charge is -2.22. The molecular weight excluding hydrogens is 502 g/mol. The van der Waals surface area contributed by atoms with Crippen LogP contribution in [0.3, 0.4) is 0 Å². The molecular formula is C29H32ClN5O3. The number of hydrogen-bond donors (Lipinski definition) is 2. The molecule has 0 unspecified atom stereocenters. The van der Waals surface area contributed by atoms with E-state index in [1.807, 2.05) is 32.0 Å². The third-order valence-electron chi connectivity index (χ3n) is 5.95. The van der Waals surface area contributed by atoms with Gasteiger partial charge in [-0.1, -0.05) is 56.1 Å². The average Bonchev–Trinajstić information content (AvgIpc) is 3.49. The summed E-state index contributed by atoms with van der Waals surface area (Å²) >= 11 is 6.06. The number of aromatic nitrogens is 2. The van der Waals surface area contributed by atoms with Crippen molar-refractivity contribution < 1.29 is 14.0 Å². The number of furan rings is 1. The molecule has 9 heteroatoms. The summed E-state index contributed by atoms with van der Waals surface area (Å²) in [5.74, 6) is 0.707. The van der Waals surface area contributed by atoms with Gasteiger partial charge in [-0.3, -0.25) is 4.79 Å². The molecule has 0 aliphatic rings. The lowest BCUT2D eigenvalue weighted by molar-refractivity contribution is -0.116. The molecule has 2 heterocycles. The fourth-order valence-corrected chi connectivity index (χ4v) is 4.17. The van der Waals surface area contributed by atoms with Crippen LogP contribution in [0.4, 0.5) is 16.3 Å². The normalized spacial score (nSPS) is 11.3. The van der Waals surface area contributed by atoms with Gasteiger partial charge in [-0.15, -0.1) is 0 Å². The summed E-state index contributed by atoms with van der Waals surface area (Å²) in [6, 6.07) is 17.8. The number of carbonyl (C=O) groups excluding carboxylic acids is 2. The van der Waals surface area contributed by atoms with Gasteiger partial charge < -0.3 is 20.0 Å². The van der Waals surface area contributed by atoms with Crippen LogP contribution in [-0.4, -0.2) is 33.2 Å². The van der Waals surface area contributed by atoms with E-state index >= 15 is 0 Å². The van der Waals surface area contributed by atoms with Crippen molar-refractivity contribution >= 4 is 35.0 Å². The molecule has 0 aliphatic carbocycles. The molecule has 198 valence electrons. The van der Waals surface area contributed by atoms with Crippen LogP contribution in [0, 0.1) is 13.8 Å². The first-order chi connectivity index (χ1) is 18.0. The van der Waals surface area contributed by atoms with Crippen LogP contribution in [0.2, 0.25) is 5.02 Å². The van der Waals surface area contributed by atoms with Gasteiger partial charge in [0, 0.05) is 22.2 Å². The van der Waals surface area contributed by atoms with Crippen LogP contribution < -0.4 is 10.6 Å². The van der Waals surface area contributed by atoms with Crippen LogP contribution in [-0.2, 0) is 16.8 Å². The Morgan fingerprint density at radius 2 is 1.82 bits per heavy atom. The Morgan fingerprint density at radius 3 is 2.47 bits per heavy atom. The first-order valence-electron chi connectivity index (χ1n) is 12.3. The van der Waals surface area contributed by atoms with Crippen LogP contribution in [0.1, 0.15) is 43.4 Å². The number of anilines is 2. The van der Waals surface area contributed by atoms with Crippen LogP contribution in [0.5, 0.6) is 0 Å². The van der Waals surface area contributed by atoms with Gasteiger partial charge in [-0.05, 0) is 55.8 Å². The molecule has 3 amide bonds. The van der Waals surface area contributed by atoms with E-state index in [1.165, 1.54) is 11.2 Å². The lowest BCUT2D eigenvalue weighted by Crippen LogP contribution is -2.40. The Hall–Kier alpha value is -4.04. The number of nitrogens with one attached hydrogen (secondary N) is 2. The molecule has 2 aromatic heterocycles. The van der Waals surface area contributed by atoms with E-state index in [4.69, 9.17) is 21.1 Å². The molecule has 0 spiro atoms. The largest absolute Gasteiger partial charge is 0.467 e. The number of rotatable bonds is 7. The molecule has 8 nitrogen and oxygen atoms in total. The molecule has 4 rings (SSSR count). The van der Waals surface area contributed by atoms with Crippen molar-refractivity contribution in [3.8, 4) is 5.69 Å². The smallest absolute Gasteiger partial charge is 0.322 e. The molecule has 0 aliphatic heterocycles. The molecule has 2 aromatic carbocycles. The number of hydrogen-bond acceptors (Lipinski definition) is 4. The van der Waals surface area contributed by atoms with Crippen molar-refractivity contribution in [2.24, 2.45) is 0 Å². The second-order valence-electron chi connectivity index (χ2n) is 10.3. The van der Waals surface area contributed by atoms with Gasteiger partial charge in [-0.2, -0.15) is 5.10 Å². The van der Waals surface area contributed by atoms with Gasteiger partial charge in [0.15, 0.2) is 0 Å². The maximum atomic E-state index is 13.3. The Bertz CT molecular complexity index is 1440. The van der Waals surface area contributed by atoms with Crippen LogP contribution >= 0.6 is 11.6 Å². The Balaban J connectivity index is 1.59. The van der Waals surface area contributed by atoms with E-state index in [2.05, 4.69) is 37.5 Å². The highest BCUT2D eigenvalue weighted by Crippen LogP contribution is 2.28. The lowest BCUT2D eigenvalue weighted by atomic mass is 9.92. The molecule has 0 fully saturated rings. The van der Waals surface area contributed by atoms with Gasteiger partial charge >= 0.3 is 6.03 Å². The number of benzene rings is 2. The molecule has 4 aromatic rings. The van der Waals surface area contributed by atoms with Crippen molar-refractivity contribution in [1.82, 2.24) is 14.7 Å². The molecule has 0 bridgehead atoms. The summed E-state index contributed by atoms with van der Waals surface area (Å²) < 4.78 is 7.18. The summed E-state index contributed by atoms with van der Waals surface area (Å²) in [4.78, 5) is 27.9. The number of amides is 3. The SMILES string of the molecule is Cc1ccc(-n2nc(C(C)(C)C)cc2NC(=O)CN(Cc2ccco2)C(=O)Nc2cccc(Cl)c2)c(C)c1. The van der Waals surface area contributed by atoms with E-state index in [1.54, 1.807) is 41.1 Å². The number of nitrogens with zero attached hydrogens (tertiary/aromatic N) is 3. The van der Waals surface area contributed by atoms with Crippen molar-refractivity contribution in [1.29, 1.82) is 0 Å². The molecule has 0 radical (unpaired) electrons. The number of carbonyl (C=O) groups is 2. The second-order valence-corrected chi connectivity index (χ2v) is 10.7. The predicted octanol–water partition coefficient (Wildman–Crippen LogP) is 6.71. The highest BCUT2D eigenvalue weighted by Gasteiger charge is 2.24. The first kappa shape index (κ1) is 27.0. The maximum absolute atomic E-state index is 13.3. The molecule has 0 saturated heterocycles. The first-order valence-corrected chi connectivity index (χ1v) is 12.7. The number of halogens is 1. The fraction of sp³-hybridized carbons (Fsp3) is 0.276. The van der Waals surface area contributed by atoms with E-state index in [-0.39, 0.29) is 24.4 Å². The molecule has 38 heavy (non-hydrogen) atoms. The van der Waals surface area contributed by atoms with Crippen molar-refractivity contribution in [3.63, 3.8) is 0 Å². The summed E-state index contributed by atoms with van der Waals surface area (Å²) in [5.41, 5.74) is 4.16. The quantitative estimate of drug-likeness (QED) is 0.276. The van der Waals surface area contributed by atoms with Gasteiger partial charge in [-0.25, -0.2) is 9.48 Å². The minimum atomic E-state index is -0.461. The third-order valence-corrected chi connectivity index (χ3v) is 6.19. The Labute approximate surface area is 227 Å². The molecule has 0 atom stereocenters. The standard InChI is InChI=1S/C29H32ClN5O3/c1-19-11-12-24(20(2)14-19)35-26(16-25(33-35)29(3,4)5)32-27(36)18-34(17-23-10-7-13-38-23)28(37)31-22-9-6-8-21(30)15-22/h6-16H,17-18H2,1-5H3,(H,31,37)(H,32,36). The minimum absolute atomic E-state index is 0.108. The molecule has 0 saturated carbocycles. The van der Waals surface area contributed by atoms with Crippen molar-refractivity contribution in [2.75, 3.05) is 17.2 Å². The zero-order valence-electron chi connectivity index (χ0n) is 22.2. The molecule has 2 N–H and O–H groups in total. The van der Waals surface area contributed by atoms with E-state index in [0.717, 1.165) is 22.5 Å².